The van der Waals surface area contributed by atoms with Crippen molar-refractivity contribution in [2.45, 2.75) is 46.0 Å². The van der Waals surface area contributed by atoms with E-state index in [0.717, 1.165) is 17.7 Å². The Morgan fingerprint density at radius 1 is 1.16 bits per heavy atom. The van der Waals surface area contributed by atoms with Crippen LogP contribution in [-0.4, -0.2) is 36.5 Å². The fraction of sp³-hybridized carbons (Fsp3) is 0.611. The quantitative estimate of drug-likeness (QED) is 0.749. The van der Waals surface area contributed by atoms with Gasteiger partial charge >= 0.3 is 6.18 Å². The van der Waals surface area contributed by atoms with E-state index in [9.17, 15) is 18.0 Å². The van der Waals surface area contributed by atoms with Gasteiger partial charge in [-0.15, -0.1) is 0 Å². The van der Waals surface area contributed by atoms with Crippen LogP contribution in [0.4, 0.5) is 13.2 Å². The van der Waals surface area contributed by atoms with Gasteiger partial charge < -0.3 is 11.1 Å². The van der Waals surface area contributed by atoms with Crippen molar-refractivity contribution in [2.75, 3.05) is 19.6 Å². The normalized spacial score (nSPS) is 14.6. The van der Waals surface area contributed by atoms with E-state index in [1.165, 1.54) is 12.1 Å². The van der Waals surface area contributed by atoms with Crippen molar-refractivity contribution in [2.24, 2.45) is 11.7 Å². The zero-order valence-electron chi connectivity index (χ0n) is 15.2. The highest BCUT2D eigenvalue weighted by molar-refractivity contribution is 5.81. The molecule has 2 atom stereocenters. The summed E-state index contributed by atoms with van der Waals surface area (Å²) in [6.07, 6.45) is -4.36. The van der Waals surface area contributed by atoms with Crippen LogP contribution < -0.4 is 11.1 Å². The predicted molar refractivity (Wildman–Crippen MR) is 92.9 cm³/mol. The maximum Gasteiger partial charge on any atom is 0.416 e. The number of nitrogens with zero attached hydrogens (tertiary/aromatic N) is 1. The van der Waals surface area contributed by atoms with Crippen molar-refractivity contribution in [3.8, 4) is 0 Å². The Morgan fingerprint density at radius 2 is 1.68 bits per heavy atom. The van der Waals surface area contributed by atoms with Gasteiger partial charge in [0.2, 0.25) is 5.91 Å². The number of likely N-dealkylation sites (N-methyl/N-ethyl adjacent to an activating group) is 1. The highest BCUT2D eigenvalue weighted by Gasteiger charge is 2.30. The van der Waals surface area contributed by atoms with Crippen molar-refractivity contribution in [3.05, 3.63) is 35.4 Å². The Hall–Kier alpha value is -1.60. The molecule has 0 heterocycles. The fourth-order valence-corrected chi connectivity index (χ4v) is 2.63. The summed E-state index contributed by atoms with van der Waals surface area (Å²) in [6, 6.07) is 4.28. The van der Waals surface area contributed by atoms with Gasteiger partial charge in [-0.2, -0.15) is 13.2 Å². The predicted octanol–water partition coefficient (Wildman–Crippen LogP) is 3.19. The van der Waals surface area contributed by atoms with E-state index in [0.29, 0.717) is 19.6 Å². The summed E-state index contributed by atoms with van der Waals surface area (Å²) in [7, 11) is 0. The summed E-state index contributed by atoms with van der Waals surface area (Å²) in [5.74, 6) is -0.239. The first-order chi connectivity index (χ1) is 11.6. The molecule has 4 nitrogen and oxygen atoms in total. The number of hydrogen-bond acceptors (Lipinski definition) is 3. The Kier molecular flexibility index (Phi) is 7.89. The van der Waals surface area contributed by atoms with Gasteiger partial charge in [-0.1, -0.05) is 39.8 Å². The molecule has 1 aromatic carbocycles. The van der Waals surface area contributed by atoms with Gasteiger partial charge in [0, 0.05) is 6.54 Å². The molecule has 1 aromatic rings. The minimum atomic E-state index is -4.36. The lowest BCUT2D eigenvalue weighted by Gasteiger charge is -2.31. The molecule has 0 spiro atoms. The second-order valence-corrected chi connectivity index (χ2v) is 6.37. The maximum atomic E-state index is 12.7. The number of benzene rings is 1. The molecule has 0 saturated carbocycles. The molecule has 1 rings (SSSR count). The van der Waals surface area contributed by atoms with E-state index < -0.39 is 17.8 Å². The number of nitrogens with two attached hydrogens (primary N) is 1. The summed E-state index contributed by atoms with van der Waals surface area (Å²) >= 11 is 0. The molecule has 0 aliphatic heterocycles. The summed E-state index contributed by atoms with van der Waals surface area (Å²) in [4.78, 5) is 14.2. The summed E-state index contributed by atoms with van der Waals surface area (Å²) < 4.78 is 38.2. The third-order valence-corrected chi connectivity index (χ3v) is 4.37. The van der Waals surface area contributed by atoms with Crippen LogP contribution >= 0.6 is 0 Å². The van der Waals surface area contributed by atoms with Gasteiger partial charge in [0.1, 0.15) is 0 Å². The molecular formula is C18H28F3N3O. The molecule has 0 aromatic heterocycles. The molecule has 3 N–H and O–H groups in total. The molecule has 1 amide bonds. The Morgan fingerprint density at radius 3 is 2.08 bits per heavy atom. The van der Waals surface area contributed by atoms with Gasteiger partial charge in [0.05, 0.1) is 17.6 Å². The van der Waals surface area contributed by atoms with Gasteiger partial charge in [0.15, 0.2) is 0 Å². The number of nitrogens with one attached hydrogen (secondary N) is 1. The number of amides is 1. The van der Waals surface area contributed by atoms with Crippen LogP contribution in [0.5, 0.6) is 0 Å². The highest BCUT2D eigenvalue weighted by atomic mass is 19.4. The third-order valence-electron chi connectivity index (χ3n) is 4.37. The Labute approximate surface area is 147 Å². The Bertz CT molecular complexity index is 539. The molecule has 0 aliphatic rings. The van der Waals surface area contributed by atoms with Crippen molar-refractivity contribution in [1.82, 2.24) is 10.2 Å². The lowest BCUT2D eigenvalue weighted by Crippen LogP contribution is -2.47. The lowest BCUT2D eigenvalue weighted by molar-refractivity contribution is -0.137. The molecule has 7 heteroatoms. The topological polar surface area (TPSA) is 58.4 Å². The number of hydrogen-bond donors (Lipinski definition) is 2. The first-order valence-electron chi connectivity index (χ1n) is 8.56. The second kappa shape index (κ2) is 9.20. The molecule has 1 unspecified atom stereocenters. The molecule has 0 aliphatic carbocycles. The minimum absolute atomic E-state index is 0.0120. The third kappa shape index (κ3) is 6.01. The molecule has 0 bridgehead atoms. The van der Waals surface area contributed by atoms with Crippen LogP contribution in [0.25, 0.3) is 0 Å². The number of carbonyl (C=O) groups excluding carboxylic acids is 1. The molecule has 0 fully saturated rings. The van der Waals surface area contributed by atoms with E-state index in [-0.39, 0.29) is 17.9 Å². The zero-order chi connectivity index (χ0) is 19.2. The average molecular weight is 359 g/mol. The van der Waals surface area contributed by atoms with E-state index in [1.54, 1.807) is 0 Å². The smallest absolute Gasteiger partial charge is 0.353 e. The van der Waals surface area contributed by atoms with Crippen LogP contribution in [0.3, 0.4) is 0 Å². The van der Waals surface area contributed by atoms with E-state index in [2.05, 4.69) is 10.2 Å². The summed E-state index contributed by atoms with van der Waals surface area (Å²) in [5.41, 5.74) is 5.89. The van der Waals surface area contributed by atoms with Gasteiger partial charge in [0.25, 0.3) is 0 Å². The van der Waals surface area contributed by atoms with Crippen molar-refractivity contribution in [3.63, 3.8) is 0 Å². The average Bonchev–Trinajstić information content (AvgIpc) is 2.56. The highest BCUT2D eigenvalue weighted by Crippen LogP contribution is 2.30. The van der Waals surface area contributed by atoms with Crippen LogP contribution in [0, 0.1) is 5.92 Å². The summed E-state index contributed by atoms with van der Waals surface area (Å²) in [5, 5.41) is 2.83. The monoisotopic (exact) mass is 359 g/mol. The molecule has 0 saturated heterocycles. The standard InChI is InChI=1S/C18H28F3N3O/c1-5-24(6-2)15(11-23-17(25)16(22)12(3)4)13-7-9-14(10-8-13)18(19,20)21/h7-10,12,15-16H,5-6,11,22H2,1-4H3,(H,23,25)/t15?,16-/m0/s1. The van der Waals surface area contributed by atoms with Crippen molar-refractivity contribution < 1.29 is 18.0 Å². The van der Waals surface area contributed by atoms with E-state index >= 15 is 0 Å². The van der Waals surface area contributed by atoms with Crippen LogP contribution in [-0.2, 0) is 11.0 Å². The first-order valence-corrected chi connectivity index (χ1v) is 8.56. The van der Waals surface area contributed by atoms with E-state index in [4.69, 9.17) is 5.73 Å². The van der Waals surface area contributed by atoms with Gasteiger partial charge in [-0.3, -0.25) is 9.69 Å². The SMILES string of the molecule is CCN(CC)C(CNC(=O)[C@@H](N)C(C)C)c1ccc(C(F)(F)F)cc1. The maximum absolute atomic E-state index is 12.7. The Balaban J connectivity index is 2.96. The second-order valence-electron chi connectivity index (χ2n) is 6.37. The zero-order valence-corrected chi connectivity index (χ0v) is 15.2. The molecular weight excluding hydrogens is 331 g/mol. The molecule has 0 radical (unpaired) electrons. The lowest BCUT2D eigenvalue weighted by atomic mass is 10.0. The molecule has 142 valence electrons. The number of alkyl halides is 3. The van der Waals surface area contributed by atoms with E-state index in [1.807, 2.05) is 27.7 Å². The van der Waals surface area contributed by atoms with Crippen molar-refractivity contribution in [1.29, 1.82) is 0 Å². The van der Waals surface area contributed by atoms with Crippen LogP contribution in [0.2, 0.25) is 0 Å². The molecule has 25 heavy (non-hydrogen) atoms. The van der Waals surface area contributed by atoms with Crippen LogP contribution in [0.15, 0.2) is 24.3 Å². The van der Waals surface area contributed by atoms with Crippen molar-refractivity contribution >= 4 is 5.91 Å². The van der Waals surface area contributed by atoms with Crippen LogP contribution in [0.1, 0.15) is 44.9 Å². The largest absolute Gasteiger partial charge is 0.416 e. The van der Waals surface area contributed by atoms with Gasteiger partial charge in [-0.05, 0) is 36.7 Å². The fourth-order valence-electron chi connectivity index (χ4n) is 2.63. The number of halogens is 3. The summed E-state index contributed by atoms with van der Waals surface area (Å²) in [6.45, 7) is 9.41. The minimum Gasteiger partial charge on any atom is -0.353 e. The first kappa shape index (κ1) is 21.4. The number of carbonyl (C=O) groups is 1. The van der Waals surface area contributed by atoms with Gasteiger partial charge in [-0.25, -0.2) is 0 Å². The number of rotatable bonds is 8.